The van der Waals surface area contributed by atoms with Crippen molar-refractivity contribution in [2.45, 2.75) is 6.18 Å². The van der Waals surface area contributed by atoms with Gasteiger partial charge in [0.05, 0.1) is 62.3 Å². The predicted molar refractivity (Wildman–Crippen MR) is 277 cm³/mol. The Labute approximate surface area is 401 Å². The van der Waals surface area contributed by atoms with Crippen molar-refractivity contribution in [3.05, 3.63) is 241 Å². The summed E-state index contributed by atoms with van der Waals surface area (Å²) in [6, 6.07) is 77.7. The molecule has 0 atom stereocenters. The van der Waals surface area contributed by atoms with E-state index in [0.29, 0.717) is 11.4 Å². The van der Waals surface area contributed by atoms with E-state index in [1.54, 1.807) is 6.07 Å². The molecule has 0 saturated carbocycles. The van der Waals surface area contributed by atoms with Crippen molar-refractivity contribution >= 4 is 43.6 Å². The number of hydrogen-bond donors (Lipinski definition) is 0. The third-order valence-corrected chi connectivity index (χ3v) is 13.4. The minimum Gasteiger partial charge on any atom is -0.307 e. The Kier molecular flexibility index (Phi) is 10.0. The van der Waals surface area contributed by atoms with Gasteiger partial charge in [-0.3, -0.25) is 0 Å². The summed E-state index contributed by atoms with van der Waals surface area (Å²) < 4.78 is 48.1. The summed E-state index contributed by atoms with van der Waals surface area (Å²) in [5, 5.41) is 25.1. The van der Waals surface area contributed by atoms with Crippen molar-refractivity contribution in [2.24, 2.45) is 0 Å². The van der Waals surface area contributed by atoms with Crippen LogP contribution < -0.4 is 0 Å². The van der Waals surface area contributed by atoms with Crippen molar-refractivity contribution in [3.63, 3.8) is 0 Å². The Balaban J connectivity index is 1.22. The highest BCUT2D eigenvalue weighted by molar-refractivity contribution is 6.14. The fraction of sp³-hybridized carbons (Fsp3) is 0.0159. The Morgan fingerprint density at radius 2 is 0.686 bits per heavy atom. The van der Waals surface area contributed by atoms with E-state index in [1.807, 2.05) is 84.9 Å². The van der Waals surface area contributed by atoms with Crippen LogP contribution in [-0.4, -0.2) is 9.13 Å². The Morgan fingerprint density at radius 3 is 1.01 bits per heavy atom. The van der Waals surface area contributed by atoms with Crippen LogP contribution in [0.4, 0.5) is 13.2 Å². The average molecular weight is 907 g/mol. The van der Waals surface area contributed by atoms with Crippen LogP contribution in [0.5, 0.6) is 0 Å². The van der Waals surface area contributed by atoms with Gasteiger partial charge in [0, 0.05) is 27.1 Å². The number of hydrogen-bond acceptors (Lipinski definition) is 2. The molecule has 0 aliphatic carbocycles. The maximum Gasteiger partial charge on any atom is 0.416 e. The van der Waals surface area contributed by atoms with Crippen molar-refractivity contribution < 1.29 is 13.2 Å². The summed E-state index contributed by atoms with van der Waals surface area (Å²) in [6.07, 6.45) is -4.74. The van der Waals surface area contributed by atoms with Crippen LogP contribution >= 0.6 is 0 Å². The van der Waals surface area contributed by atoms with Crippen molar-refractivity contribution in [1.82, 2.24) is 9.13 Å². The summed E-state index contributed by atoms with van der Waals surface area (Å²) in [5.41, 5.74) is 12.5. The number of rotatable bonds is 7. The topological polar surface area (TPSA) is 57.4 Å². The molecule has 0 aliphatic heterocycles. The van der Waals surface area contributed by atoms with E-state index in [0.717, 1.165) is 100 Å². The zero-order valence-corrected chi connectivity index (χ0v) is 37.3. The van der Waals surface area contributed by atoms with Crippen LogP contribution in [0, 0.1) is 22.7 Å². The minimum atomic E-state index is -4.74. The second kappa shape index (κ2) is 16.7. The zero-order chi connectivity index (χ0) is 47.5. The van der Waals surface area contributed by atoms with Gasteiger partial charge in [-0.1, -0.05) is 146 Å². The Morgan fingerprint density at radius 1 is 0.329 bits per heavy atom. The van der Waals surface area contributed by atoms with Crippen LogP contribution in [0.15, 0.2) is 224 Å². The monoisotopic (exact) mass is 906 g/mol. The van der Waals surface area contributed by atoms with Crippen LogP contribution in [0.2, 0.25) is 0 Å². The molecule has 0 spiro atoms. The van der Waals surface area contributed by atoms with Crippen molar-refractivity contribution in [3.8, 4) is 79.1 Å². The number of alkyl halides is 3. The first-order chi connectivity index (χ1) is 34.2. The maximum absolute atomic E-state index is 14.6. The number of nitrogens with zero attached hydrogens (tertiary/aromatic N) is 4. The molecule has 12 aromatic rings. The quantitative estimate of drug-likeness (QED) is 0.160. The van der Waals surface area contributed by atoms with Gasteiger partial charge in [-0.05, 0) is 129 Å². The molecule has 0 amide bonds. The molecule has 2 aromatic heterocycles. The summed E-state index contributed by atoms with van der Waals surface area (Å²) in [5.74, 6) is 0. The molecular weight excluding hydrogens is 870 g/mol. The number of benzene rings is 10. The van der Waals surface area contributed by atoms with Crippen molar-refractivity contribution in [1.29, 1.82) is 10.5 Å². The van der Waals surface area contributed by atoms with E-state index < -0.39 is 11.7 Å². The predicted octanol–water partition coefficient (Wildman–Crippen LogP) is 17.0. The van der Waals surface area contributed by atoms with E-state index >= 15 is 0 Å². The van der Waals surface area contributed by atoms with E-state index in [9.17, 15) is 23.7 Å². The first-order valence-corrected chi connectivity index (χ1v) is 22.8. The van der Waals surface area contributed by atoms with E-state index in [1.165, 1.54) is 6.07 Å². The number of aromatic nitrogens is 2. The third kappa shape index (κ3) is 7.17. The molecule has 0 bridgehead atoms. The number of fused-ring (bicyclic) bond motifs is 6. The van der Waals surface area contributed by atoms with Crippen molar-refractivity contribution in [2.75, 3.05) is 0 Å². The van der Waals surface area contributed by atoms with Gasteiger partial charge in [-0.15, -0.1) is 0 Å². The summed E-state index contributed by atoms with van der Waals surface area (Å²) in [4.78, 5) is 0. The molecule has 7 heteroatoms. The molecule has 10 aromatic carbocycles. The Bertz CT molecular complexity index is 3910. The van der Waals surface area contributed by atoms with Gasteiger partial charge in [0.15, 0.2) is 0 Å². The molecular formula is C63H37F3N4. The van der Waals surface area contributed by atoms with Gasteiger partial charge in [0.25, 0.3) is 0 Å². The highest BCUT2D eigenvalue weighted by Crippen LogP contribution is 2.45. The molecule has 0 N–H and O–H groups in total. The Hall–Kier alpha value is -9.43. The fourth-order valence-electron chi connectivity index (χ4n) is 10.1. The third-order valence-electron chi connectivity index (χ3n) is 13.4. The molecule has 12 rings (SSSR count). The van der Waals surface area contributed by atoms with Crippen LogP contribution in [0.1, 0.15) is 16.7 Å². The highest BCUT2D eigenvalue weighted by atomic mass is 19.4. The van der Waals surface area contributed by atoms with E-state index in [-0.39, 0.29) is 22.3 Å². The molecule has 0 aliphatic rings. The van der Waals surface area contributed by atoms with Gasteiger partial charge in [0.2, 0.25) is 0 Å². The van der Waals surface area contributed by atoms with E-state index in [4.69, 9.17) is 0 Å². The van der Waals surface area contributed by atoms with Gasteiger partial charge in [-0.2, -0.15) is 23.7 Å². The van der Waals surface area contributed by atoms with Crippen LogP contribution in [0.25, 0.3) is 111 Å². The standard InChI is InChI=1S/C63H37F3N4/c64-63(65,66)51-30-40(38-67)29-49(31-51)52-37-62(70-59-27-23-47(43-17-9-3-10-18-43)34-55(59)56-35-48(24-28-60(56)70)44-19-11-4-12-20-44)61(36-50(52)39-68)69-57-25-21-45(41-13-5-1-6-14-41)32-53(57)54-33-46(22-26-58(54)69)42-15-7-2-8-16-42/h1-37H. The van der Waals surface area contributed by atoms with Gasteiger partial charge >= 0.3 is 6.18 Å². The summed E-state index contributed by atoms with van der Waals surface area (Å²) in [7, 11) is 0. The molecule has 4 nitrogen and oxygen atoms in total. The average Bonchev–Trinajstić information content (AvgIpc) is 3.92. The summed E-state index contributed by atoms with van der Waals surface area (Å²) in [6.45, 7) is 0. The lowest BCUT2D eigenvalue weighted by Crippen LogP contribution is -2.07. The molecule has 2 heterocycles. The van der Waals surface area contributed by atoms with E-state index in [2.05, 4.69) is 137 Å². The second-order valence-electron chi connectivity index (χ2n) is 17.5. The molecule has 0 radical (unpaired) electrons. The molecule has 330 valence electrons. The molecule has 0 fully saturated rings. The lowest BCUT2D eigenvalue weighted by molar-refractivity contribution is -0.137. The van der Waals surface area contributed by atoms with Crippen LogP contribution in [-0.2, 0) is 6.18 Å². The largest absolute Gasteiger partial charge is 0.416 e. The normalized spacial score (nSPS) is 11.6. The number of nitriles is 2. The SMILES string of the molecule is N#Cc1cc(-c2cc(-n3c4ccc(-c5ccccc5)cc4c4cc(-c5ccccc5)ccc43)c(-n3c4ccc(-c5ccccc5)cc4c4cc(-c5ccccc5)ccc43)cc2C#N)cc(C(F)(F)F)c1. The van der Waals surface area contributed by atoms with Gasteiger partial charge in [0.1, 0.15) is 0 Å². The molecule has 0 unspecified atom stereocenters. The number of halogens is 3. The first kappa shape index (κ1) is 42.0. The van der Waals surface area contributed by atoms with Crippen LogP contribution in [0.3, 0.4) is 0 Å². The second-order valence-corrected chi connectivity index (χ2v) is 17.5. The van der Waals surface area contributed by atoms with Gasteiger partial charge in [-0.25, -0.2) is 0 Å². The highest BCUT2D eigenvalue weighted by Gasteiger charge is 2.32. The summed E-state index contributed by atoms with van der Waals surface area (Å²) >= 11 is 0. The fourth-order valence-corrected chi connectivity index (χ4v) is 10.1. The molecule has 0 saturated heterocycles. The van der Waals surface area contributed by atoms with Gasteiger partial charge < -0.3 is 9.13 Å². The first-order valence-electron chi connectivity index (χ1n) is 22.8. The maximum atomic E-state index is 14.6. The zero-order valence-electron chi connectivity index (χ0n) is 37.3. The molecule has 70 heavy (non-hydrogen) atoms. The lowest BCUT2D eigenvalue weighted by atomic mass is 9.94. The minimum absolute atomic E-state index is 0.108. The smallest absolute Gasteiger partial charge is 0.307 e. The lowest BCUT2D eigenvalue weighted by Gasteiger charge is -2.20.